The van der Waals surface area contributed by atoms with E-state index in [2.05, 4.69) is 5.10 Å². The second-order valence-corrected chi connectivity index (χ2v) is 5.19. The van der Waals surface area contributed by atoms with Crippen LogP contribution in [0.25, 0.3) is 11.3 Å². The van der Waals surface area contributed by atoms with Crippen molar-refractivity contribution in [2.75, 3.05) is 0 Å². The monoisotopic (exact) mass is 276 g/mol. The van der Waals surface area contributed by atoms with E-state index < -0.39 is 5.97 Å². The molecule has 5 heteroatoms. The number of nitrogens with zero attached hydrogens (tertiary/aromatic N) is 2. The van der Waals surface area contributed by atoms with E-state index in [9.17, 15) is 9.18 Å². The molecule has 2 aromatic rings. The summed E-state index contributed by atoms with van der Waals surface area (Å²) < 4.78 is 15.4. The Hall–Kier alpha value is -2.17. The maximum Gasteiger partial charge on any atom is 0.356 e. The molecule has 0 radical (unpaired) electrons. The van der Waals surface area contributed by atoms with Crippen molar-refractivity contribution in [2.24, 2.45) is 7.05 Å². The average Bonchev–Trinajstić information content (AvgIpc) is 2.71. The van der Waals surface area contributed by atoms with Gasteiger partial charge in [-0.15, -0.1) is 0 Å². The van der Waals surface area contributed by atoms with E-state index in [4.69, 9.17) is 5.11 Å². The fourth-order valence-electron chi connectivity index (χ4n) is 2.23. The van der Waals surface area contributed by atoms with Crippen molar-refractivity contribution in [1.82, 2.24) is 9.78 Å². The third-order valence-electron chi connectivity index (χ3n) is 3.34. The Morgan fingerprint density at radius 1 is 1.35 bits per heavy atom. The van der Waals surface area contributed by atoms with Gasteiger partial charge in [0.2, 0.25) is 0 Å². The molecule has 2 rings (SSSR count). The zero-order chi connectivity index (χ0) is 15.0. The number of benzene rings is 1. The summed E-state index contributed by atoms with van der Waals surface area (Å²) in [5, 5.41) is 12.9. The summed E-state index contributed by atoms with van der Waals surface area (Å²) in [6, 6.07) is 4.77. The number of aromatic carboxylic acids is 1. The molecular formula is C15H17FN2O2. The van der Waals surface area contributed by atoms with Gasteiger partial charge in [0, 0.05) is 12.6 Å². The normalized spacial score (nSPS) is 11.1. The Morgan fingerprint density at radius 2 is 2.00 bits per heavy atom. The quantitative estimate of drug-likeness (QED) is 0.935. The first-order valence-corrected chi connectivity index (χ1v) is 6.39. The minimum Gasteiger partial charge on any atom is -0.476 e. The molecule has 0 saturated heterocycles. The van der Waals surface area contributed by atoms with Gasteiger partial charge in [-0.25, -0.2) is 9.18 Å². The van der Waals surface area contributed by atoms with E-state index in [1.54, 1.807) is 20.0 Å². The molecule has 0 fully saturated rings. The van der Waals surface area contributed by atoms with E-state index in [1.165, 1.54) is 16.8 Å². The van der Waals surface area contributed by atoms with Crippen molar-refractivity contribution >= 4 is 5.97 Å². The Balaban J connectivity index is 2.63. The molecule has 0 aliphatic rings. The van der Waals surface area contributed by atoms with Gasteiger partial charge in [0.15, 0.2) is 5.69 Å². The lowest BCUT2D eigenvalue weighted by molar-refractivity contribution is 0.0689. The van der Waals surface area contributed by atoms with Crippen LogP contribution in [0, 0.1) is 12.7 Å². The van der Waals surface area contributed by atoms with Gasteiger partial charge in [-0.3, -0.25) is 4.68 Å². The summed E-state index contributed by atoms with van der Waals surface area (Å²) in [5.74, 6) is -1.25. The number of hydrogen-bond donors (Lipinski definition) is 1. The molecule has 0 bridgehead atoms. The van der Waals surface area contributed by atoms with Gasteiger partial charge < -0.3 is 5.11 Å². The summed E-state index contributed by atoms with van der Waals surface area (Å²) in [4.78, 5) is 11.0. The topological polar surface area (TPSA) is 55.1 Å². The molecule has 0 amide bonds. The van der Waals surface area contributed by atoms with E-state index in [-0.39, 0.29) is 17.4 Å². The van der Waals surface area contributed by atoms with Gasteiger partial charge in [-0.2, -0.15) is 5.10 Å². The van der Waals surface area contributed by atoms with Crippen LogP contribution in [0.1, 0.15) is 41.4 Å². The fraction of sp³-hybridized carbons (Fsp3) is 0.333. The Labute approximate surface area is 116 Å². The van der Waals surface area contributed by atoms with Crippen molar-refractivity contribution in [3.05, 3.63) is 40.8 Å². The molecule has 0 aliphatic carbocycles. The lowest BCUT2D eigenvalue weighted by Gasteiger charge is -2.13. The van der Waals surface area contributed by atoms with Crippen LogP contribution in [-0.4, -0.2) is 20.9 Å². The first-order chi connectivity index (χ1) is 9.31. The maximum absolute atomic E-state index is 13.9. The highest BCUT2D eigenvalue weighted by molar-refractivity contribution is 5.87. The second-order valence-electron chi connectivity index (χ2n) is 5.19. The van der Waals surface area contributed by atoms with E-state index in [1.807, 2.05) is 13.8 Å². The SMILES string of the molecule is Cc1cc(F)c(C(C)C)cc1-c1cc(C(=O)O)nn1C. The van der Waals surface area contributed by atoms with Crippen LogP contribution in [0.4, 0.5) is 4.39 Å². The van der Waals surface area contributed by atoms with Crippen LogP contribution in [0.5, 0.6) is 0 Å². The number of hydrogen-bond acceptors (Lipinski definition) is 2. The van der Waals surface area contributed by atoms with Crippen molar-refractivity contribution in [3.8, 4) is 11.3 Å². The van der Waals surface area contributed by atoms with E-state index in [0.717, 1.165) is 11.1 Å². The molecule has 0 saturated carbocycles. The van der Waals surface area contributed by atoms with Crippen molar-refractivity contribution in [1.29, 1.82) is 0 Å². The van der Waals surface area contributed by atoms with Gasteiger partial charge in [0.05, 0.1) is 5.69 Å². The van der Waals surface area contributed by atoms with Crippen molar-refractivity contribution in [3.63, 3.8) is 0 Å². The maximum atomic E-state index is 13.9. The molecule has 1 aromatic heterocycles. The van der Waals surface area contributed by atoms with Crippen LogP contribution in [0.3, 0.4) is 0 Å². The van der Waals surface area contributed by atoms with Crippen LogP contribution >= 0.6 is 0 Å². The van der Waals surface area contributed by atoms with Gasteiger partial charge >= 0.3 is 5.97 Å². The smallest absolute Gasteiger partial charge is 0.356 e. The van der Waals surface area contributed by atoms with Gasteiger partial charge in [-0.1, -0.05) is 13.8 Å². The Morgan fingerprint density at radius 3 is 2.50 bits per heavy atom. The highest BCUT2D eigenvalue weighted by Gasteiger charge is 2.17. The van der Waals surface area contributed by atoms with Gasteiger partial charge in [0.1, 0.15) is 5.82 Å². The summed E-state index contributed by atoms with van der Waals surface area (Å²) >= 11 is 0. The molecule has 1 heterocycles. The molecule has 0 spiro atoms. The summed E-state index contributed by atoms with van der Waals surface area (Å²) in [6.07, 6.45) is 0. The molecule has 4 nitrogen and oxygen atoms in total. The minimum atomic E-state index is -1.07. The van der Waals surface area contributed by atoms with Crippen LogP contribution in [-0.2, 0) is 7.05 Å². The van der Waals surface area contributed by atoms with Crippen molar-refractivity contribution < 1.29 is 14.3 Å². The zero-order valence-corrected chi connectivity index (χ0v) is 11.9. The predicted molar refractivity (Wildman–Crippen MR) is 74.4 cm³/mol. The molecule has 1 aromatic carbocycles. The van der Waals surface area contributed by atoms with Gasteiger partial charge in [-0.05, 0) is 42.2 Å². The zero-order valence-electron chi connectivity index (χ0n) is 11.9. The van der Waals surface area contributed by atoms with E-state index >= 15 is 0 Å². The number of carbonyl (C=O) groups is 1. The molecule has 0 unspecified atom stereocenters. The first-order valence-electron chi connectivity index (χ1n) is 6.39. The number of rotatable bonds is 3. The van der Waals surface area contributed by atoms with Crippen LogP contribution in [0.2, 0.25) is 0 Å². The Kier molecular flexibility index (Phi) is 3.61. The number of aryl methyl sites for hydroxylation is 2. The predicted octanol–water partition coefficient (Wildman–Crippen LogP) is 3.36. The molecule has 106 valence electrons. The lowest BCUT2D eigenvalue weighted by Crippen LogP contribution is -2.01. The second kappa shape index (κ2) is 5.07. The number of halogens is 1. The number of carboxylic acid groups (broad SMARTS) is 1. The summed E-state index contributed by atoms with van der Waals surface area (Å²) in [6.45, 7) is 5.64. The summed E-state index contributed by atoms with van der Waals surface area (Å²) in [5.41, 5.74) is 2.83. The summed E-state index contributed by atoms with van der Waals surface area (Å²) in [7, 11) is 1.68. The lowest BCUT2D eigenvalue weighted by atomic mass is 9.95. The molecule has 1 N–H and O–H groups in total. The van der Waals surface area contributed by atoms with E-state index in [0.29, 0.717) is 11.3 Å². The van der Waals surface area contributed by atoms with Crippen LogP contribution < -0.4 is 0 Å². The highest BCUT2D eigenvalue weighted by atomic mass is 19.1. The average molecular weight is 276 g/mol. The molecule has 0 aliphatic heterocycles. The first kappa shape index (κ1) is 14.2. The number of aromatic nitrogens is 2. The largest absolute Gasteiger partial charge is 0.476 e. The molecular weight excluding hydrogens is 259 g/mol. The third kappa shape index (κ3) is 2.43. The Bertz CT molecular complexity index is 675. The standard InChI is InChI=1S/C15H17FN2O2/c1-8(2)10-6-11(9(3)5-12(10)16)14-7-13(15(19)20)17-18(14)4/h5-8H,1-4H3,(H,19,20). The van der Waals surface area contributed by atoms with Crippen molar-refractivity contribution in [2.45, 2.75) is 26.7 Å². The fourth-order valence-corrected chi connectivity index (χ4v) is 2.23. The highest BCUT2D eigenvalue weighted by Crippen LogP contribution is 2.29. The van der Waals surface area contributed by atoms with Crippen LogP contribution in [0.15, 0.2) is 18.2 Å². The number of carboxylic acids is 1. The third-order valence-corrected chi connectivity index (χ3v) is 3.34. The molecule has 0 atom stereocenters. The molecule has 20 heavy (non-hydrogen) atoms. The minimum absolute atomic E-state index is 0.0164. The van der Waals surface area contributed by atoms with Gasteiger partial charge in [0.25, 0.3) is 0 Å².